The molecule has 1 aromatic heterocycles. The highest BCUT2D eigenvalue weighted by atomic mass is 19.1. The third-order valence-corrected chi connectivity index (χ3v) is 1.96. The molecule has 0 spiro atoms. The van der Waals surface area contributed by atoms with Crippen molar-refractivity contribution in [1.82, 2.24) is 10.1 Å². The first kappa shape index (κ1) is 9.92. The standard InChI is InChI=1S/C9H5FN4O2/c10-6-2-7(12)5(1-4(6)3-11)8-13-9(15)16-14-8/h1-2H,12H2,(H,13,14,15). The topological polar surface area (TPSA) is 109 Å². The Kier molecular flexibility index (Phi) is 2.17. The van der Waals surface area contributed by atoms with Crippen molar-refractivity contribution in [2.75, 3.05) is 5.73 Å². The van der Waals surface area contributed by atoms with Gasteiger partial charge in [0.25, 0.3) is 0 Å². The number of rotatable bonds is 1. The fourth-order valence-electron chi connectivity index (χ4n) is 1.23. The molecular weight excluding hydrogens is 215 g/mol. The predicted octanol–water partition coefficient (Wildman–Crippen LogP) is 0.623. The van der Waals surface area contributed by atoms with Crippen LogP contribution in [0.4, 0.5) is 10.1 Å². The Morgan fingerprint density at radius 2 is 2.31 bits per heavy atom. The lowest BCUT2D eigenvalue weighted by Crippen LogP contribution is -1.98. The highest BCUT2D eigenvalue weighted by Crippen LogP contribution is 2.25. The summed E-state index contributed by atoms with van der Waals surface area (Å²) in [5.41, 5.74) is 5.64. The van der Waals surface area contributed by atoms with Gasteiger partial charge in [-0.2, -0.15) is 5.26 Å². The van der Waals surface area contributed by atoms with Crippen LogP contribution in [-0.4, -0.2) is 10.1 Å². The van der Waals surface area contributed by atoms with Crippen molar-refractivity contribution in [2.24, 2.45) is 0 Å². The average Bonchev–Trinajstić information content (AvgIpc) is 2.65. The zero-order valence-electron chi connectivity index (χ0n) is 7.82. The molecule has 0 saturated carbocycles. The number of hydrogen-bond acceptors (Lipinski definition) is 5. The lowest BCUT2D eigenvalue weighted by atomic mass is 10.1. The first-order valence-corrected chi connectivity index (χ1v) is 4.17. The summed E-state index contributed by atoms with van der Waals surface area (Å²) in [6.07, 6.45) is 0. The Hall–Kier alpha value is -2.62. The molecule has 6 nitrogen and oxygen atoms in total. The van der Waals surface area contributed by atoms with Crippen LogP contribution in [0.25, 0.3) is 11.4 Å². The quantitative estimate of drug-likeness (QED) is 0.685. The maximum Gasteiger partial charge on any atom is 0.439 e. The second-order valence-electron chi connectivity index (χ2n) is 2.97. The van der Waals surface area contributed by atoms with E-state index < -0.39 is 11.6 Å². The number of halogens is 1. The van der Waals surface area contributed by atoms with Gasteiger partial charge < -0.3 is 5.73 Å². The van der Waals surface area contributed by atoms with Crippen LogP contribution >= 0.6 is 0 Å². The van der Waals surface area contributed by atoms with Crippen LogP contribution in [0.3, 0.4) is 0 Å². The molecule has 2 aromatic rings. The van der Waals surface area contributed by atoms with E-state index >= 15 is 0 Å². The molecule has 0 radical (unpaired) electrons. The van der Waals surface area contributed by atoms with Crippen molar-refractivity contribution in [3.05, 3.63) is 34.1 Å². The Labute approximate surface area is 88.1 Å². The molecule has 1 aromatic carbocycles. The van der Waals surface area contributed by atoms with Crippen molar-refractivity contribution in [1.29, 1.82) is 5.26 Å². The van der Waals surface area contributed by atoms with Gasteiger partial charge in [0.15, 0.2) is 5.82 Å². The second-order valence-corrected chi connectivity index (χ2v) is 2.97. The van der Waals surface area contributed by atoms with Crippen molar-refractivity contribution in [3.8, 4) is 17.5 Å². The molecule has 80 valence electrons. The van der Waals surface area contributed by atoms with E-state index in [2.05, 4.69) is 14.7 Å². The summed E-state index contributed by atoms with van der Waals surface area (Å²) in [6, 6.07) is 3.84. The number of nitrogens with one attached hydrogen (secondary N) is 1. The van der Waals surface area contributed by atoms with Crippen LogP contribution in [0.15, 0.2) is 21.5 Å². The first-order chi connectivity index (χ1) is 7.61. The van der Waals surface area contributed by atoms with E-state index in [1.165, 1.54) is 6.07 Å². The van der Waals surface area contributed by atoms with E-state index in [-0.39, 0.29) is 22.6 Å². The molecule has 0 aliphatic rings. The molecule has 16 heavy (non-hydrogen) atoms. The zero-order chi connectivity index (χ0) is 11.7. The first-order valence-electron chi connectivity index (χ1n) is 4.17. The Balaban J connectivity index is 2.66. The lowest BCUT2D eigenvalue weighted by molar-refractivity contribution is 0.388. The number of H-pyrrole nitrogens is 1. The van der Waals surface area contributed by atoms with Crippen LogP contribution in [-0.2, 0) is 0 Å². The fourth-order valence-corrected chi connectivity index (χ4v) is 1.23. The van der Waals surface area contributed by atoms with Gasteiger partial charge in [-0.1, -0.05) is 5.16 Å². The number of benzene rings is 1. The van der Waals surface area contributed by atoms with Crippen molar-refractivity contribution in [2.45, 2.75) is 0 Å². The van der Waals surface area contributed by atoms with Gasteiger partial charge >= 0.3 is 5.76 Å². The van der Waals surface area contributed by atoms with Crippen molar-refractivity contribution >= 4 is 5.69 Å². The van der Waals surface area contributed by atoms with Gasteiger partial charge in [-0.15, -0.1) is 0 Å². The number of nitrogens with zero attached hydrogens (tertiary/aromatic N) is 2. The van der Waals surface area contributed by atoms with Crippen LogP contribution in [0, 0.1) is 17.1 Å². The van der Waals surface area contributed by atoms with Gasteiger partial charge in [0, 0.05) is 11.3 Å². The third-order valence-electron chi connectivity index (χ3n) is 1.96. The molecule has 7 heteroatoms. The van der Waals surface area contributed by atoms with Crippen molar-refractivity contribution in [3.63, 3.8) is 0 Å². The number of nitrogens with two attached hydrogens (primary N) is 1. The molecule has 0 unspecified atom stereocenters. The minimum Gasteiger partial charge on any atom is -0.398 e. The van der Waals surface area contributed by atoms with E-state index in [0.717, 1.165) is 6.07 Å². The number of anilines is 1. The normalized spacial score (nSPS) is 10.0. The summed E-state index contributed by atoms with van der Waals surface area (Å²) in [7, 11) is 0. The highest BCUT2D eigenvalue weighted by Gasteiger charge is 2.12. The molecule has 3 N–H and O–H groups in total. The number of hydrogen-bond donors (Lipinski definition) is 2. The highest BCUT2D eigenvalue weighted by molar-refractivity contribution is 5.72. The molecule has 1 heterocycles. The largest absolute Gasteiger partial charge is 0.439 e. The van der Waals surface area contributed by atoms with Gasteiger partial charge in [0.1, 0.15) is 11.9 Å². The van der Waals surface area contributed by atoms with Gasteiger partial charge in [0.2, 0.25) is 0 Å². The van der Waals surface area contributed by atoms with E-state index in [4.69, 9.17) is 11.0 Å². The Morgan fingerprint density at radius 3 is 2.88 bits per heavy atom. The van der Waals surface area contributed by atoms with Gasteiger partial charge in [-0.3, -0.25) is 9.51 Å². The Morgan fingerprint density at radius 1 is 1.56 bits per heavy atom. The maximum absolute atomic E-state index is 13.1. The summed E-state index contributed by atoms with van der Waals surface area (Å²) < 4.78 is 17.4. The summed E-state index contributed by atoms with van der Waals surface area (Å²) in [5.74, 6) is -1.43. The van der Waals surface area contributed by atoms with Crippen LogP contribution in [0.2, 0.25) is 0 Å². The summed E-state index contributed by atoms with van der Waals surface area (Å²) in [5, 5.41) is 12.0. The number of nitriles is 1. The van der Waals surface area contributed by atoms with Crippen LogP contribution < -0.4 is 11.5 Å². The van der Waals surface area contributed by atoms with Crippen LogP contribution in [0.5, 0.6) is 0 Å². The molecule has 0 atom stereocenters. The van der Waals surface area contributed by atoms with Crippen molar-refractivity contribution < 1.29 is 8.91 Å². The molecular formula is C9H5FN4O2. The van der Waals surface area contributed by atoms with Gasteiger partial charge in [0.05, 0.1) is 5.56 Å². The molecule has 0 fully saturated rings. The summed E-state index contributed by atoms with van der Waals surface area (Å²) in [4.78, 5) is 13.0. The predicted molar refractivity (Wildman–Crippen MR) is 51.6 cm³/mol. The minimum absolute atomic E-state index is 0.0546. The minimum atomic E-state index is -0.753. The molecule has 0 aliphatic carbocycles. The molecule has 0 amide bonds. The molecule has 0 bridgehead atoms. The lowest BCUT2D eigenvalue weighted by Gasteiger charge is -2.02. The molecule has 2 rings (SSSR count). The van der Waals surface area contributed by atoms with Gasteiger partial charge in [-0.05, 0) is 12.1 Å². The van der Waals surface area contributed by atoms with E-state index in [1.54, 1.807) is 6.07 Å². The van der Waals surface area contributed by atoms with E-state index in [0.29, 0.717) is 0 Å². The van der Waals surface area contributed by atoms with E-state index in [1.807, 2.05) is 0 Å². The van der Waals surface area contributed by atoms with Crippen LogP contribution in [0.1, 0.15) is 5.56 Å². The zero-order valence-corrected chi connectivity index (χ0v) is 7.82. The monoisotopic (exact) mass is 220 g/mol. The third kappa shape index (κ3) is 1.52. The number of aromatic nitrogens is 2. The number of nitrogen functional groups attached to an aromatic ring is 1. The summed E-state index contributed by atoms with van der Waals surface area (Å²) >= 11 is 0. The second kappa shape index (κ2) is 3.51. The van der Waals surface area contributed by atoms with Gasteiger partial charge in [-0.25, -0.2) is 9.18 Å². The molecule has 0 aliphatic heterocycles. The summed E-state index contributed by atoms with van der Waals surface area (Å²) in [6.45, 7) is 0. The molecule has 0 saturated heterocycles. The smallest absolute Gasteiger partial charge is 0.398 e. The fraction of sp³-hybridized carbons (Fsp3) is 0. The SMILES string of the molecule is N#Cc1cc(-c2noc(=O)[nH]2)c(N)cc1F. The maximum atomic E-state index is 13.1. The average molecular weight is 220 g/mol. The number of aromatic amines is 1. The Bertz CT molecular complexity index is 638. The van der Waals surface area contributed by atoms with E-state index in [9.17, 15) is 9.18 Å².